The lowest BCUT2D eigenvalue weighted by atomic mass is 10.0. The molecule has 0 bridgehead atoms. The summed E-state index contributed by atoms with van der Waals surface area (Å²) >= 11 is 0. The quantitative estimate of drug-likeness (QED) is 0.225. The lowest BCUT2D eigenvalue weighted by Crippen LogP contribution is -2.51. The van der Waals surface area contributed by atoms with E-state index in [1.54, 1.807) is 13.1 Å². The molecule has 0 amide bonds. The molecule has 0 saturated carbocycles. The normalized spacial score (nSPS) is 20.3. The van der Waals surface area contributed by atoms with Gasteiger partial charge in [-0.05, 0) is 62.6 Å². The van der Waals surface area contributed by atoms with Crippen LogP contribution in [0, 0.1) is 18.7 Å². The number of hydrogen-bond donors (Lipinski definition) is 2. The first-order chi connectivity index (χ1) is 14.7. The summed E-state index contributed by atoms with van der Waals surface area (Å²) in [6.45, 7) is 7.80. The van der Waals surface area contributed by atoms with Crippen LogP contribution in [-0.4, -0.2) is 65.1 Å². The molecule has 2 heterocycles. The second-order valence-electron chi connectivity index (χ2n) is 8.37. The zero-order valence-corrected chi connectivity index (χ0v) is 21.2. The Morgan fingerprint density at radius 1 is 1.29 bits per heavy atom. The fourth-order valence-electron chi connectivity index (χ4n) is 4.11. The average molecular weight is 548 g/mol. The Morgan fingerprint density at radius 3 is 2.87 bits per heavy atom. The molecular weight excluding hydrogens is 510 g/mol. The van der Waals surface area contributed by atoms with Crippen molar-refractivity contribution in [1.29, 1.82) is 0 Å². The Morgan fingerprint density at radius 2 is 2.10 bits per heavy atom. The standard InChI is InChI=1S/C23H37FN4O2.HI/c1-18-6-7-21(24)22(15-18)28-11-3-5-20(16-28)27-23(25-2)26-10-4-12-30-17-19-8-13-29-14-9-19;/h6-7,15,19-20H,3-5,8-14,16-17H2,1-2H3,(H2,25,26,27);1H. The molecule has 2 N–H and O–H groups in total. The van der Waals surface area contributed by atoms with Crippen molar-refractivity contribution < 1.29 is 13.9 Å². The lowest BCUT2D eigenvalue weighted by molar-refractivity contribution is 0.0203. The summed E-state index contributed by atoms with van der Waals surface area (Å²) in [4.78, 5) is 6.49. The van der Waals surface area contributed by atoms with Crippen LogP contribution in [0.3, 0.4) is 0 Å². The van der Waals surface area contributed by atoms with Crippen molar-refractivity contribution in [3.05, 3.63) is 29.6 Å². The summed E-state index contributed by atoms with van der Waals surface area (Å²) in [5.41, 5.74) is 1.78. The zero-order valence-electron chi connectivity index (χ0n) is 18.9. The third kappa shape index (κ3) is 8.73. The van der Waals surface area contributed by atoms with Crippen molar-refractivity contribution in [2.75, 3.05) is 58.0 Å². The summed E-state index contributed by atoms with van der Waals surface area (Å²) in [6, 6.07) is 5.56. The second-order valence-corrected chi connectivity index (χ2v) is 8.37. The van der Waals surface area contributed by atoms with Crippen molar-refractivity contribution in [3.63, 3.8) is 0 Å². The van der Waals surface area contributed by atoms with Crippen LogP contribution in [-0.2, 0) is 9.47 Å². The smallest absolute Gasteiger partial charge is 0.191 e. The van der Waals surface area contributed by atoms with Gasteiger partial charge in [0.1, 0.15) is 5.82 Å². The van der Waals surface area contributed by atoms with Crippen LogP contribution in [0.1, 0.15) is 37.7 Å². The highest BCUT2D eigenvalue weighted by Crippen LogP contribution is 2.24. The Bertz CT molecular complexity index is 686. The maximum absolute atomic E-state index is 14.3. The van der Waals surface area contributed by atoms with E-state index in [0.717, 1.165) is 89.7 Å². The minimum absolute atomic E-state index is 0. The van der Waals surface area contributed by atoms with E-state index in [4.69, 9.17) is 9.47 Å². The van der Waals surface area contributed by atoms with Crippen LogP contribution in [0.15, 0.2) is 23.2 Å². The number of rotatable bonds is 8. The summed E-state index contributed by atoms with van der Waals surface area (Å²) in [6.07, 6.45) is 5.25. The second kappa shape index (κ2) is 14.1. The van der Waals surface area contributed by atoms with E-state index >= 15 is 0 Å². The Kier molecular flexibility index (Phi) is 11.9. The number of aryl methyl sites for hydroxylation is 1. The van der Waals surface area contributed by atoms with E-state index in [9.17, 15) is 4.39 Å². The third-order valence-corrected chi connectivity index (χ3v) is 5.88. The van der Waals surface area contributed by atoms with Gasteiger partial charge >= 0.3 is 0 Å². The van der Waals surface area contributed by atoms with E-state index in [0.29, 0.717) is 11.6 Å². The molecule has 31 heavy (non-hydrogen) atoms. The monoisotopic (exact) mass is 548 g/mol. The molecule has 2 saturated heterocycles. The molecule has 1 unspecified atom stereocenters. The van der Waals surface area contributed by atoms with Gasteiger partial charge in [-0.1, -0.05) is 6.07 Å². The molecule has 2 fully saturated rings. The highest BCUT2D eigenvalue weighted by Gasteiger charge is 2.23. The fraction of sp³-hybridized carbons (Fsp3) is 0.696. The number of aliphatic imine (C=N–C) groups is 1. The van der Waals surface area contributed by atoms with Gasteiger partial charge in [0.2, 0.25) is 0 Å². The molecule has 2 aliphatic heterocycles. The van der Waals surface area contributed by atoms with Crippen molar-refractivity contribution in [2.45, 2.75) is 45.1 Å². The van der Waals surface area contributed by atoms with Crippen molar-refractivity contribution >= 4 is 35.6 Å². The van der Waals surface area contributed by atoms with Gasteiger partial charge in [-0.15, -0.1) is 24.0 Å². The van der Waals surface area contributed by atoms with E-state index in [1.807, 2.05) is 19.1 Å². The molecule has 1 aromatic rings. The molecule has 1 atom stereocenters. The molecule has 2 aliphatic rings. The molecule has 0 aliphatic carbocycles. The number of anilines is 1. The predicted molar refractivity (Wildman–Crippen MR) is 135 cm³/mol. The summed E-state index contributed by atoms with van der Waals surface area (Å²) in [5.74, 6) is 1.30. The third-order valence-electron chi connectivity index (χ3n) is 5.88. The van der Waals surface area contributed by atoms with Gasteiger partial charge in [0.15, 0.2) is 5.96 Å². The molecular formula is C23H38FIN4O2. The van der Waals surface area contributed by atoms with Crippen LogP contribution < -0.4 is 15.5 Å². The van der Waals surface area contributed by atoms with Crippen LogP contribution in [0.2, 0.25) is 0 Å². The van der Waals surface area contributed by atoms with Crippen LogP contribution >= 0.6 is 24.0 Å². The van der Waals surface area contributed by atoms with Gasteiger partial charge in [-0.3, -0.25) is 4.99 Å². The number of guanidine groups is 1. The van der Waals surface area contributed by atoms with E-state index < -0.39 is 0 Å². The Hall–Kier alpha value is -1.13. The van der Waals surface area contributed by atoms with Crippen LogP contribution in [0.5, 0.6) is 0 Å². The number of nitrogens with one attached hydrogen (secondary N) is 2. The fourth-order valence-corrected chi connectivity index (χ4v) is 4.11. The molecule has 0 spiro atoms. The molecule has 1 aromatic carbocycles. The largest absolute Gasteiger partial charge is 0.381 e. The number of nitrogens with zero attached hydrogens (tertiary/aromatic N) is 2. The highest BCUT2D eigenvalue weighted by atomic mass is 127. The van der Waals surface area contributed by atoms with Crippen molar-refractivity contribution in [1.82, 2.24) is 10.6 Å². The lowest BCUT2D eigenvalue weighted by Gasteiger charge is -2.35. The predicted octanol–water partition coefficient (Wildman–Crippen LogP) is 3.72. The Labute approximate surface area is 203 Å². The van der Waals surface area contributed by atoms with E-state index in [-0.39, 0.29) is 35.8 Å². The number of halogens is 2. The van der Waals surface area contributed by atoms with E-state index in [2.05, 4.69) is 20.5 Å². The van der Waals surface area contributed by atoms with Gasteiger partial charge in [-0.25, -0.2) is 4.39 Å². The van der Waals surface area contributed by atoms with Gasteiger partial charge in [0, 0.05) is 59.2 Å². The first-order valence-corrected chi connectivity index (χ1v) is 11.3. The number of ether oxygens (including phenoxy) is 2. The zero-order chi connectivity index (χ0) is 21.2. The summed E-state index contributed by atoms with van der Waals surface area (Å²) in [7, 11) is 1.79. The number of benzene rings is 1. The van der Waals surface area contributed by atoms with Gasteiger partial charge in [0.25, 0.3) is 0 Å². The van der Waals surface area contributed by atoms with Crippen LogP contribution in [0.4, 0.5) is 10.1 Å². The number of hydrogen-bond acceptors (Lipinski definition) is 4. The minimum Gasteiger partial charge on any atom is -0.381 e. The molecule has 176 valence electrons. The van der Waals surface area contributed by atoms with Crippen LogP contribution in [0.25, 0.3) is 0 Å². The maximum atomic E-state index is 14.3. The highest BCUT2D eigenvalue weighted by molar-refractivity contribution is 14.0. The SMILES string of the molecule is CN=C(NCCCOCC1CCOCC1)NC1CCCN(c2cc(C)ccc2F)C1.I. The topological polar surface area (TPSA) is 58.1 Å². The maximum Gasteiger partial charge on any atom is 0.191 e. The molecule has 0 radical (unpaired) electrons. The summed E-state index contributed by atoms with van der Waals surface area (Å²) in [5, 5.41) is 6.88. The average Bonchev–Trinajstić information content (AvgIpc) is 2.77. The number of piperidine rings is 1. The van der Waals surface area contributed by atoms with Gasteiger partial charge in [-0.2, -0.15) is 0 Å². The van der Waals surface area contributed by atoms with Crippen molar-refractivity contribution in [2.24, 2.45) is 10.9 Å². The van der Waals surface area contributed by atoms with Gasteiger partial charge in [0.05, 0.1) is 5.69 Å². The van der Waals surface area contributed by atoms with E-state index in [1.165, 1.54) is 0 Å². The molecule has 0 aromatic heterocycles. The first kappa shape index (κ1) is 26.1. The van der Waals surface area contributed by atoms with Gasteiger partial charge < -0.3 is 25.0 Å². The Balaban J connectivity index is 0.00000341. The molecule has 8 heteroatoms. The first-order valence-electron chi connectivity index (χ1n) is 11.3. The minimum atomic E-state index is -0.149. The molecule has 3 rings (SSSR count). The molecule has 6 nitrogen and oxygen atoms in total. The van der Waals surface area contributed by atoms with Crippen molar-refractivity contribution in [3.8, 4) is 0 Å². The summed E-state index contributed by atoms with van der Waals surface area (Å²) < 4.78 is 25.5.